The zero-order valence-corrected chi connectivity index (χ0v) is 12.2. The zero-order chi connectivity index (χ0) is 13.2. The van der Waals surface area contributed by atoms with Crippen LogP contribution in [0.4, 0.5) is 0 Å². The number of rotatable bonds is 4. The van der Waals surface area contributed by atoms with Gasteiger partial charge in [-0.1, -0.05) is 15.9 Å². The molecule has 0 saturated heterocycles. The molecule has 0 spiro atoms. The molecular weight excluding hydrogens is 306 g/mol. The molecule has 0 radical (unpaired) electrons. The topological polar surface area (TPSA) is 53.1 Å². The van der Waals surface area contributed by atoms with Crippen LogP contribution >= 0.6 is 15.9 Å². The summed E-state index contributed by atoms with van der Waals surface area (Å²) in [5.74, 6) is 2.06. The van der Waals surface area contributed by atoms with Crippen LogP contribution in [-0.2, 0) is 19.4 Å². The first kappa shape index (κ1) is 12.7. The number of imidazole rings is 1. The van der Waals surface area contributed by atoms with Crippen LogP contribution < -0.4 is 10.5 Å². The quantitative estimate of drug-likeness (QED) is 0.938. The number of nitrogens with two attached hydrogens (primary N) is 1. The summed E-state index contributed by atoms with van der Waals surface area (Å²) < 4.78 is 8.99. The molecule has 1 aliphatic heterocycles. The number of fused-ring (bicyclic) bond motifs is 1. The van der Waals surface area contributed by atoms with E-state index in [2.05, 4.69) is 37.6 Å². The molecule has 2 heterocycles. The molecule has 0 saturated carbocycles. The summed E-state index contributed by atoms with van der Waals surface area (Å²) in [6.07, 6.45) is 5.60. The lowest BCUT2D eigenvalue weighted by Crippen LogP contribution is -2.11. The normalized spacial score (nSPS) is 13.4. The molecule has 100 valence electrons. The average molecular weight is 322 g/mol. The molecule has 3 rings (SSSR count). The van der Waals surface area contributed by atoms with Gasteiger partial charge in [-0.2, -0.15) is 0 Å². The maximum atomic E-state index is 5.75. The monoisotopic (exact) mass is 321 g/mol. The Morgan fingerprint density at radius 1 is 1.42 bits per heavy atom. The van der Waals surface area contributed by atoms with E-state index in [-0.39, 0.29) is 0 Å². The lowest BCUT2D eigenvalue weighted by atomic mass is 10.1. The molecule has 4 nitrogen and oxygen atoms in total. The minimum atomic E-state index is 0.615. The Morgan fingerprint density at radius 3 is 3.16 bits per heavy atom. The Bertz CT molecular complexity index is 594. The molecule has 0 fully saturated rings. The average Bonchev–Trinajstić information content (AvgIpc) is 2.99. The summed E-state index contributed by atoms with van der Waals surface area (Å²) in [7, 11) is 0. The first-order valence-electron chi connectivity index (χ1n) is 6.42. The number of ether oxygens (including phenoxy) is 1. The van der Waals surface area contributed by atoms with Gasteiger partial charge in [-0.15, -0.1) is 0 Å². The van der Waals surface area contributed by atoms with Gasteiger partial charge in [0.1, 0.15) is 11.6 Å². The van der Waals surface area contributed by atoms with Crippen molar-refractivity contribution in [1.82, 2.24) is 9.55 Å². The minimum Gasteiger partial charge on any atom is -0.493 e. The van der Waals surface area contributed by atoms with Crippen LogP contribution in [0.5, 0.6) is 5.75 Å². The van der Waals surface area contributed by atoms with Crippen molar-refractivity contribution in [3.8, 4) is 5.75 Å². The number of halogens is 1. The third kappa shape index (κ3) is 2.53. The fourth-order valence-corrected chi connectivity index (χ4v) is 3.04. The van der Waals surface area contributed by atoms with Crippen molar-refractivity contribution < 1.29 is 4.74 Å². The van der Waals surface area contributed by atoms with Crippen molar-refractivity contribution in [2.75, 3.05) is 13.2 Å². The molecule has 1 aromatic carbocycles. The Kier molecular flexibility index (Phi) is 3.57. The third-order valence-electron chi connectivity index (χ3n) is 3.34. The summed E-state index contributed by atoms with van der Waals surface area (Å²) in [6, 6.07) is 4.26. The number of hydrogen-bond acceptors (Lipinski definition) is 3. The fourth-order valence-electron chi connectivity index (χ4n) is 2.49. The van der Waals surface area contributed by atoms with Crippen LogP contribution in [0.15, 0.2) is 29.0 Å². The fraction of sp³-hybridized carbons (Fsp3) is 0.357. The number of hydrogen-bond donors (Lipinski definition) is 1. The molecule has 0 unspecified atom stereocenters. The second kappa shape index (κ2) is 5.35. The van der Waals surface area contributed by atoms with E-state index < -0.39 is 0 Å². The second-order valence-corrected chi connectivity index (χ2v) is 5.58. The van der Waals surface area contributed by atoms with Gasteiger partial charge in [0.2, 0.25) is 0 Å². The smallest absolute Gasteiger partial charge is 0.127 e. The van der Waals surface area contributed by atoms with Gasteiger partial charge in [0.05, 0.1) is 13.2 Å². The van der Waals surface area contributed by atoms with Gasteiger partial charge in [-0.05, 0) is 24.2 Å². The molecule has 2 N–H and O–H groups in total. The predicted molar refractivity (Wildman–Crippen MR) is 77.4 cm³/mol. The van der Waals surface area contributed by atoms with Crippen molar-refractivity contribution in [3.63, 3.8) is 0 Å². The summed E-state index contributed by atoms with van der Waals surface area (Å²) in [5, 5.41) is 0. The molecule has 1 aromatic heterocycles. The standard InChI is InChI=1S/C14H16BrN3O/c15-12-7-10-2-6-19-14(10)11(8-12)9-18-5-4-17-13(18)1-3-16/h4-5,7-8H,1-3,6,9,16H2. The Balaban J connectivity index is 1.93. The van der Waals surface area contributed by atoms with E-state index >= 15 is 0 Å². The summed E-state index contributed by atoms with van der Waals surface area (Å²) in [6.45, 7) is 2.17. The van der Waals surface area contributed by atoms with Crippen molar-refractivity contribution in [2.24, 2.45) is 5.73 Å². The van der Waals surface area contributed by atoms with Gasteiger partial charge in [-0.25, -0.2) is 4.98 Å². The summed E-state index contributed by atoms with van der Waals surface area (Å²) >= 11 is 3.57. The second-order valence-electron chi connectivity index (χ2n) is 4.66. The number of benzene rings is 1. The lowest BCUT2D eigenvalue weighted by Gasteiger charge is -2.12. The van der Waals surface area contributed by atoms with E-state index in [1.807, 2.05) is 12.4 Å². The molecular formula is C14H16BrN3O. The number of aromatic nitrogens is 2. The number of nitrogens with zero attached hydrogens (tertiary/aromatic N) is 2. The van der Waals surface area contributed by atoms with Gasteiger partial charge in [0, 0.05) is 35.3 Å². The SMILES string of the molecule is NCCc1nccn1Cc1cc(Br)cc2c1OCC2. The van der Waals surface area contributed by atoms with E-state index in [0.29, 0.717) is 6.54 Å². The first-order valence-corrected chi connectivity index (χ1v) is 7.21. The minimum absolute atomic E-state index is 0.615. The largest absolute Gasteiger partial charge is 0.493 e. The third-order valence-corrected chi connectivity index (χ3v) is 3.79. The molecule has 0 atom stereocenters. The van der Waals surface area contributed by atoms with Gasteiger partial charge in [-0.3, -0.25) is 0 Å². The first-order chi connectivity index (χ1) is 9.28. The van der Waals surface area contributed by atoms with Crippen LogP contribution in [0.3, 0.4) is 0 Å². The van der Waals surface area contributed by atoms with Gasteiger partial charge < -0.3 is 15.0 Å². The van der Waals surface area contributed by atoms with E-state index in [0.717, 1.165) is 42.0 Å². The molecule has 19 heavy (non-hydrogen) atoms. The van der Waals surface area contributed by atoms with Gasteiger partial charge in [0.25, 0.3) is 0 Å². The van der Waals surface area contributed by atoms with E-state index in [1.165, 1.54) is 11.1 Å². The molecule has 2 aromatic rings. The van der Waals surface area contributed by atoms with E-state index in [1.54, 1.807) is 0 Å². The Hall–Kier alpha value is -1.33. The molecule has 1 aliphatic rings. The maximum absolute atomic E-state index is 5.75. The lowest BCUT2D eigenvalue weighted by molar-refractivity contribution is 0.352. The van der Waals surface area contributed by atoms with Crippen molar-refractivity contribution in [1.29, 1.82) is 0 Å². The van der Waals surface area contributed by atoms with Gasteiger partial charge in [0.15, 0.2) is 0 Å². The summed E-state index contributed by atoms with van der Waals surface area (Å²) in [4.78, 5) is 4.35. The zero-order valence-electron chi connectivity index (χ0n) is 10.6. The van der Waals surface area contributed by atoms with Crippen LogP contribution in [0.1, 0.15) is 17.0 Å². The van der Waals surface area contributed by atoms with Crippen LogP contribution in [0.25, 0.3) is 0 Å². The van der Waals surface area contributed by atoms with Crippen LogP contribution in [-0.4, -0.2) is 22.7 Å². The Morgan fingerprint density at radius 2 is 2.32 bits per heavy atom. The van der Waals surface area contributed by atoms with Gasteiger partial charge >= 0.3 is 0 Å². The molecule has 0 bridgehead atoms. The van der Waals surface area contributed by atoms with E-state index in [9.17, 15) is 0 Å². The predicted octanol–water partition coefficient (Wildman–Crippen LogP) is 2.13. The highest BCUT2D eigenvalue weighted by Gasteiger charge is 2.18. The highest BCUT2D eigenvalue weighted by atomic mass is 79.9. The van der Waals surface area contributed by atoms with Crippen LogP contribution in [0.2, 0.25) is 0 Å². The molecule has 0 aliphatic carbocycles. The van der Waals surface area contributed by atoms with Crippen LogP contribution in [0, 0.1) is 0 Å². The highest BCUT2D eigenvalue weighted by molar-refractivity contribution is 9.10. The Labute approximate surface area is 120 Å². The maximum Gasteiger partial charge on any atom is 0.127 e. The molecule has 0 amide bonds. The molecule has 5 heteroatoms. The highest BCUT2D eigenvalue weighted by Crippen LogP contribution is 2.33. The van der Waals surface area contributed by atoms with E-state index in [4.69, 9.17) is 10.5 Å². The van der Waals surface area contributed by atoms with Crippen molar-refractivity contribution >= 4 is 15.9 Å². The van der Waals surface area contributed by atoms with Crippen molar-refractivity contribution in [3.05, 3.63) is 46.0 Å². The van der Waals surface area contributed by atoms with Crippen molar-refractivity contribution in [2.45, 2.75) is 19.4 Å². The summed E-state index contributed by atoms with van der Waals surface area (Å²) in [5.41, 5.74) is 8.09.